The minimum atomic E-state index is -0.337. The number of nitrogens with zero attached hydrogens (tertiary/aromatic N) is 1. The second kappa shape index (κ2) is 10.7. The van der Waals surface area contributed by atoms with E-state index in [0.29, 0.717) is 6.54 Å². The molecule has 0 saturated heterocycles. The summed E-state index contributed by atoms with van der Waals surface area (Å²) in [6, 6.07) is -0.337. The Balaban J connectivity index is 3.20. The van der Waals surface area contributed by atoms with Crippen LogP contribution >= 0.6 is 0 Å². The number of unbranched alkanes of at least 4 members (excludes halogenated alkanes) is 3. The van der Waals surface area contributed by atoms with Crippen LogP contribution in [0.15, 0.2) is 4.99 Å². The van der Waals surface area contributed by atoms with Crippen molar-refractivity contribution in [2.75, 3.05) is 19.8 Å². The quantitative estimate of drug-likeness (QED) is 0.305. The first-order valence-corrected chi connectivity index (χ1v) is 4.97. The smallest absolute Gasteiger partial charge is 0.316 e. The van der Waals surface area contributed by atoms with E-state index in [1.54, 1.807) is 0 Å². The van der Waals surface area contributed by atoms with E-state index in [1.807, 2.05) is 0 Å². The maximum absolute atomic E-state index is 11.0. The number of urea groups is 1. The highest BCUT2D eigenvalue weighted by Gasteiger charge is 1.96. The van der Waals surface area contributed by atoms with Crippen molar-refractivity contribution in [2.24, 2.45) is 4.99 Å². The molecule has 6 nitrogen and oxygen atoms in total. The SMILES string of the molecule is O=C=NCNC(=O)NCCCCCCO. The summed E-state index contributed by atoms with van der Waals surface area (Å²) in [5, 5.41) is 13.5. The first-order valence-electron chi connectivity index (χ1n) is 4.97. The highest BCUT2D eigenvalue weighted by molar-refractivity contribution is 5.73. The van der Waals surface area contributed by atoms with E-state index >= 15 is 0 Å². The van der Waals surface area contributed by atoms with Gasteiger partial charge in [-0.3, -0.25) is 0 Å². The molecule has 0 atom stereocenters. The third-order valence-corrected chi connectivity index (χ3v) is 1.75. The van der Waals surface area contributed by atoms with E-state index in [-0.39, 0.29) is 19.3 Å². The Morgan fingerprint density at radius 1 is 1.20 bits per heavy atom. The van der Waals surface area contributed by atoms with Gasteiger partial charge in [0.1, 0.15) is 6.67 Å². The minimum Gasteiger partial charge on any atom is -0.396 e. The highest BCUT2D eigenvalue weighted by atomic mass is 16.2. The van der Waals surface area contributed by atoms with Crippen LogP contribution in [0.4, 0.5) is 4.79 Å². The molecule has 0 aliphatic carbocycles. The molecule has 0 aliphatic heterocycles. The van der Waals surface area contributed by atoms with Gasteiger partial charge in [0.2, 0.25) is 6.08 Å². The third-order valence-electron chi connectivity index (χ3n) is 1.75. The van der Waals surface area contributed by atoms with Gasteiger partial charge < -0.3 is 15.7 Å². The largest absolute Gasteiger partial charge is 0.396 e. The van der Waals surface area contributed by atoms with Crippen LogP contribution in [0.5, 0.6) is 0 Å². The van der Waals surface area contributed by atoms with Crippen molar-refractivity contribution in [3.63, 3.8) is 0 Å². The second-order valence-corrected chi connectivity index (χ2v) is 2.98. The Bertz CT molecular complexity index is 215. The molecule has 0 fully saturated rings. The molecule has 3 N–H and O–H groups in total. The lowest BCUT2D eigenvalue weighted by molar-refractivity contribution is 0.241. The summed E-state index contributed by atoms with van der Waals surface area (Å²) in [6.07, 6.45) is 4.95. The Hall–Kier alpha value is -1.39. The van der Waals surface area contributed by atoms with Crippen molar-refractivity contribution in [1.29, 1.82) is 0 Å². The van der Waals surface area contributed by atoms with Crippen LogP contribution in [-0.4, -0.2) is 37.0 Å². The summed E-state index contributed by atoms with van der Waals surface area (Å²) in [7, 11) is 0. The molecular formula is C9H17N3O3. The van der Waals surface area contributed by atoms with Gasteiger partial charge in [0.05, 0.1) is 0 Å². The van der Waals surface area contributed by atoms with E-state index in [9.17, 15) is 9.59 Å². The van der Waals surface area contributed by atoms with Gasteiger partial charge in [0, 0.05) is 13.2 Å². The molecule has 0 aromatic carbocycles. The Morgan fingerprint density at radius 3 is 2.60 bits per heavy atom. The van der Waals surface area contributed by atoms with E-state index in [0.717, 1.165) is 25.7 Å². The lowest BCUT2D eigenvalue weighted by Gasteiger charge is -2.04. The lowest BCUT2D eigenvalue weighted by atomic mass is 10.2. The Morgan fingerprint density at radius 2 is 1.93 bits per heavy atom. The van der Waals surface area contributed by atoms with Crippen LogP contribution in [0.1, 0.15) is 25.7 Å². The normalized spacial score (nSPS) is 9.13. The zero-order chi connectivity index (χ0) is 11.4. The predicted molar refractivity (Wildman–Crippen MR) is 55.1 cm³/mol. The second-order valence-electron chi connectivity index (χ2n) is 2.98. The zero-order valence-corrected chi connectivity index (χ0v) is 8.66. The molecule has 15 heavy (non-hydrogen) atoms. The first kappa shape index (κ1) is 13.6. The van der Waals surface area contributed by atoms with Crippen molar-refractivity contribution >= 4 is 12.1 Å². The molecule has 0 rings (SSSR count). The summed E-state index contributed by atoms with van der Waals surface area (Å²) in [6.45, 7) is 0.763. The summed E-state index contributed by atoms with van der Waals surface area (Å²) in [4.78, 5) is 23.8. The molecule has 0 radical (unpaired) electrons. The number of carbonyl (C=O) groups is 1. The molecule has 0 saturated carbocycles. The molecule has 0 aliphatic rings. The van der Waals surface area contributed by atoms with E-state index in [4.69, 9.17) is 5.11 Å². The van der Waals surface area contributed by atoms with Crippen LogP contribution in [0, 0.1) is 0 Å². The lowest BCUT2D eigenvalue weighted by Crippen LogP contribution is -2.36. The molecule has 2 amide bonds. The van der Waals surface area contributed by atoms with Crippen molar-refractivity contribution in [1.82, 2.24) is 10.6 Å². The number of hydrogen-bond acceptors (Lipinski definition) is 4. The molecule has 86 valence electrons. The fraction of sp³-hybridized carbons (Fsp3) is 0.778. The number of amides is 2. The average Bonchev–Trinajstić information content (AvgIpc) is 2.23. The van der Waals surface area contributed by atoms with Gasteiger partial charge in [0.15, 0.2) is 0 Å². The number of aliphatic hydroxyl groups is 1. The number of nitrogens with one attached hydrogen (secondary N) is 2. The molecular weight excluding hydrogens is 198 g/mol. The van der Waals surface area contributed by atoms with Gasteiger partial charge in [-0.2, -0.15) is 4.99 Å². The molecule has 0 aromatic rings. The first-order chi connectivity index (χ1) is 7.31. The topological polar surface area (TPSA) is 90.8 Å². The fourth-order valence-electron chi connectivity index (χ4n) is 0.998. The van der Waals surface area contributed by atoms with Crippen LogP contribution in [0.25, 0.3) is 0 Å². The molecule has 0 unspecified atom stereocenters. The summed E-state index contributed by atoms with van der Waals surface area (Å²) in [5.41, 5.74) is 0. The number of hydrogen-bond donors (Lipinski definition) is 3. The summed E-state index contributed by atoms with van der Waals surface area (Å²) >= 11 is 0. The number of isocyanates is 1. The van der Waals surface area contributed by atoms with Crippen LogP contribution in [0.3, 0.4) is 0 Å². The van der Waals surface area contributed by atoms with Crippen molar-refractivity contribution < 1.29 is 14.7 Å². The molecule has 0 heterocycles. The fourth-order valence-corrected chi connectivity index (χ4v) is 0.998. The van der Waals surface area contributed by atoms with E-state index in [2.05, 4.69) is 15.6 Å². The number of aliphatic hydroxyl groups excluding tert-OH is 1. The summed E-state index contributed by atoms with van der Waals surface area (Å²) in [5.74, 6) is 0. The minimum absolute atomic E-state index is 0.0418. The Labute approximate surface area is 88.8 Å². The van der Waals surface area contributed by atoms with Crippen LogP contribution in [0.2, 0.25) is 0 Å². The van der Waals surface area contributed by atoms with Crippen molar-refractivity contribution in [3.05, 3.63) is 0 Å². The number of carbonyl (C=O) groups excluding carboxylic acids is 2. The molecule has 6 heteroatoms. The standard InChI is InChI=1S/C9H17N3O3/c13-6-4-2-1-3-5-11-9(15)12-7-10-8-14/h13H,1-7H2,(H2,11,12,15). The highest BCUT2D eigenvalue weighted by Crippen LogP contribution is 1.97. The molecule has 0 bridgehead atoms. The predicted octanol–water partition coefficient (Wildman–Crippen LogP) is 0.132. The van der Waals surface area contributed by atoms with Gasteiger partial charge in [-0.15, -0.1) is 0 Å². The number of aliphatic imine (C=N–C) groups is 1. The maximum Gasteiger partial charge on any atom is 0.316 e. The Kier molecular flexibility index (Phi) is 9.70. The molecule has 0 aromatic heterocycles. The van der Waals surface area contributed by atoms with Gasteiger partial charge in [-0.1, -0.05) is 12.8 Å². The van der Waals surface area contributed by atoms with E-state index < -0.39 is 0 Å². The van der Waals surface area contributed by atoms with Crippen molar-refractivity contribution in [3.8, 4) is 0 Å². The number of rotatable bonds is 8. The van der Waals surface area contributed by atoms with Gasteiger partial charge in [-0.05, 0) is 12.8 Å². The third kappa shape index (κ3) is 10.5. The summed E-state index contributed by atoms with van der Waals surface area (Å²) < 4.78 is 0. The van der Waals surface area contributed by atoms with Crippen LogP contribution in [-0.2, 0) is 4.79 Å². The van der Waals surface area contributed by atoms with Gasteiger partial charge in [-0.25, -0.2) is 9.59 Å². The maximum atomic E-state index is 11.0. The van der Waals surface area contributed by atoms with Crippen LogP contribution < -0.4 is 10.6 Å². The van der Waals surface area contributed by atoms with Gasteiger partial charge >= 0.3 is 6.03 Å². The van der Waals surface area contributed by atoms with Crippen molar-refractivity contribution in [2.45, 2.75) is 25.7 Å². The average molecular weight is 215 g/mol. The zero-order valence-electron chi connectivity index (χ0n) is 8.66. The van der Waals surface area contributed by atoms with Gasteiger partial charge in [0.25, 0.3) is 0 Å². The van der Waals surface area contributed by atoms with E-state index in [1.165, 1.54) is 6.08 Å². The monoisotopic (exact) mass is 215 g/mol. The molecule has 0 spiro atoms.